The molecule has 4 rings (SSSR count). The first-order valence-electron chi connectivity index (χ1n) is 11.6. The van der Waals surface area contributed by atoms with Crippen LogP contribution in [0.25, 0.3) is 11.0 Å². The van der Waals surface area contributed by atoms with E-state index < -0.39 is 0 Å². The van der Waals surface area contributed by atoms with Gasteiger partial charge in [0.25, 0.3) is 5.91 Å². The molecule has 1 amide bonds. The Morgan fingerprint density at radius 1 is 1.00 bits per heavy atom. The molecule has 4 aromatic rings. The molecule has 0 unspecified atom stereocenters. The highest BCUT2D eigenvalue weighted by atomic mass is 16.5. The summed E-state index contributed by atoms with van der Waals surface area (Å²) in [5, 5.41) is 2.94. The number of aryl methyl sites for hydroxylation is 3. The fourth-order valence-electron chi connectivity index (χ4n) is 3.84. The largest absolute Gasteiger partial charge is 0.494 e. The van der Waals surface area contributed by atoms with Crippen LogP contribution in [0.15, 0.2) is 72.9 Å². The highest BCUT2D eigenvalue weighted by Crippen LogP contribution is 2.18. The Morgan fingerprint density at radius 3 is 2.61 bits per heavy atom. The summed E-state index contributed by atoms with van der Waals surface area (Å²) < 4.78 is 8.21. The average Bonchev–Trinajstić information content (AvgIpc) is 3.22. The minimum absolute atomic E-state index is 0.145. The Bertz CT molecular complexity index is 1170. The second kappa shape index (κ2) is 11.3. The predicted molar refractivity (Wildman–Crippen MR) is 131 cm³/mol. The van der Waals surface area contributed by atoms with Gasteiger partial charge < -0.3 is 14.6 Å². The van der Waals surface area contributed by atoms with Crippen molar-refractivity contribution in [3.63, 3.8) is 0 Å². The summed E-state index contributed by atoms with van der Waals surface area (Å²) in [6.07, 6.45) is 5.14. The van der Waals surface area contributed by atoms with Crippen LogP contribution >= 0.6 is 0 Å². The summed E-state index contributed by atoms with van der Waals surface area (Å²) in [5.74, 6) is 1.80. The monoisotopic (exact) mass is 442 g/mol. The number of hydrogen-bond donors (Lipinski definition) is 1. The van der Waals surface area contributed by atoms with Crippen LogP contribution in [0.4, 0.5) is 0 Å². The van der Waals surface area contributed by atoms with Crippen LogP contribution in [0.2, 0.25) is 0 Å². The Kier molecular flexibility index (Phi) is 7.69. The lowest BCUT2D eigenvalue weighted by atomic mass is 10.2. The fourth-order valence-corrected chi connectivity index (χ4v) is 3.84. The van der Waals surface area contributed by atoms with Crippen LogP contribution < -0.4 is 10.1 Å². The van der Waals surface area contributed by atoms with Crippen LogP contribution in [0.1, 0.15) is 41.6 Å². The van der Waals surface area contributed by atoms with E-state index in [1.807, 2.05) is 36.4 Å². The number of nitrogens with one attached hydrogen (secondary N) is 1. The topological polar surface area (TPSA) is 69.0 Å². The Labute approximate surface area is 194 Å². The number of nitrogens with zero attached hydrogens (tertiary/aromatic N) is 3. The van der Waals surface area contributed by atoms with Crippen molar-refractivity contribution in [3.8, 4) is 5.75 Å². The van der Waals surface area contributed by atoms with E-state index in [1.165, 1.54) is 5.56 Å². The van der Waals surface area contributed by atoms with E-state index in [4.69, 9.17) is 9.72 Å². The number of carbonyl (C=O) groups is 1. The molecule has 0 bridgehead atoms. The van der Waals surface area contributed by atoms with Crippen molar-refractivity contribution >= 4 is 16.9 Å². The molecular formula is C27H30N4O2. The van der Waals surface area contributed by atoms with E-state index in [9.17, 15) is 4.79 Å². The number of hydrogen-bond acceptors (Lipinski definition) is 4. The maximum atomic E-state index is 12.2. The van der Waals surface area contributed by atoms with Crippen molar-refractivity contribution < 1.29 is 9.53 Å². The van der Waals surface area contributed by atoms with Gasteiger partial charge in [-0.25, -0.2) is 4.98 Å². The normalized spacial score (nSPS) is 10.9. The summed E-state index contributed by atoms with van der Waals surface area (Å²) in [6, 6.07) is 21.8. The van der Waals surface area contributed by atoms with Gasteiger partial charge in [-0.05, 0) is 61.2 Å². The van der Waals surface area contributed by atoms with Crippen LogP contribution in [0.5, 0.6) is 5.75 Å². The molecule has 6 nitrogen and oxygen atoms in total. The van der Waals surface area contributed by atoms with Crippen molar-refractivity contribution in [1.29, 1.82) is 0 Å². The molecule has 0 aliphatic carbocycles. The standard InChI is InChI=1S/C27H30N4O2/c1-2-21-13-15-22(16-14-21)33-20-8-19-31-25-11-4-3-9-23(25)30-26(31)12-7-18-29-27(32)24-10-5-6-17-28-24/h3-6,9-11,13-17H,2,7-8,12,18-20H2,1H3,(H,29,32). The molecule has 0 radical (unpaired) electrons. The van der Waals surface area contributed by atoms with Gasteiger partial charge >= 0.3 is 0 Å². The van der Waals surface area contributed by atoms with Gasteiger partial charge in [-0.3, -0.25) is 9.78 Å². The van der Waals surface area contributed by atoms with Gasteiger partial charge in [0.1, 0.15) is 17.3 Å². The average molecular weight is 443 g/mol. The second-order valence-corrected chi connectivity index (χ2v) is 7.94. The number of carbonyl (C=O) groups excluding carboxylic acids is 1. The van der Waals surface area contributed by atoms with Gasteiger partial charge in [-0.1, -0.05) is 37.3 Å². The lowest BCUT2D eigenvalue weighted by Gasteiger charge is -2.11. The summed E-state index contributed by atoms with van der Waals surface area (Å²) in [5.41, 5.74) is 3.89. The molecular weight excluding hydrogens is 412 g/mol. The smallest absolute Gasteiger partial charge is 0.269 e. The first kappa shape index (κ1) is 22.5. The molecule has 6 heteroatoms. The summed E-state index contributed by atoms with van der Waals surface area (Å²) in [7, 11) is 0. The molecule has 0 aliphatic heterocycles. The number of benzene rings is 2. The van der Waals surface area contributed by atoms with E-state index in [-0.39, 0.29) is 5.91 Å². The third kappa shape index (κ3) is 5.98. The van der Waals surface area contributed by atoms with Gasteiger partial charge in [0, 0.05) is 25.7 Å². The van der Waals surface area contributed by atoms with E-state index in [0.717, 1.165) is 54.8 Å². The lowest BCUT2D eigenvalue weighted by Crippen LogP contribution is -2.25. The summed E-state index contributed by atoms with van der Waals surface area (Å²) >= 11 is 0. The van der Waals surface area contributed by atoms with Crippen molar-refractivity contribution in [3.05, 3.63) is 90.0 Å². The number of amides is 1. The zero-order valence-corrected chi connectivity index (χ0v) is 19.0. The predicted octanol–water partition coefficient (Wildman–Crippen LogP) is 4.83. The molecule has 0 atom stereocenters. The van der Waals surface area contributed by atoms with Crippen molar-refractivity contribution in [2.24, 2.45) is 0 Å². The first-order chi connectivity index (χ1) is 16.2. The molecule has 0 spiro atoms. The Hall–Kier alpha value is -3.67. The quantitative estimate of drug-likeness (QED) is 0.338. The highest BCUT2D eigenvalue weighted by molar-refractivity contribution is 5.92. The maximum Gasteiger partial charge on any atom is 0.269 e. The van der Waals surface area contributed by atoms with Gasteiger partial charge in [-0.2, -0.15) is 0 Å². The first-order valence-corrected chi connectivity index (χ1v) is 11.6. The Morgan fingerprint density at radius 2 is 1.82 bits per heavy atom. The third-order valence-electron chi connectivity index (χ3n) is 5.62. The Balaban J connectivity index is 1.31. The van der Waals surface area contributed by atoms with Gasteiger partial charge in [-0.15, -0.1) is 0 Å². The molecule has 2 heterocycles. The number of ether oxygens (including phenoxy) is 1. The number of rotatable bonds is 11. The fraction of sp³-hybridized carbons (Fsp3) is 0.296. The molecule has 2 aromatic carbocycles. The van der Waals surface area contributed by atoms with Gasteiger partial charge in [0.15, 0.2) is 0 Å². The molecule has 0 aliphatic rings. The van der Waals surface area contributed by atoms with Gasteiger partial charge in [0.2, 0.25) is 0 Å². The third-order valence-corrected chi connectivity index (χ3v) is 5.62. The van der Waals surface area contributed by atoms with E-state index >= 15 is 0 Å². The van der Waals surface area contributed by atoms with E-state index in [2.05, 4.69) is 40.0 Å². The highest BCUT2D eigenvalue weighted by Gasteiger charge is 2.11. The summed E-state index contributed by atoms with van der Waals surface area (Å²) in [6.45, 7) is 4.22. The van der Waals surface area contributed by atoms with Crippen LogP contribution in [0, 0.1) is 0 Å². The minimum Gasteiger partial charge on any atom is -0.494 e. The van der Waals surface area contributed by atoms with Crippen LogP contribution in [0.3, 0.4) is 0 Å². The number of imidazole rings is 1. The lowest BCUT2D eigenvalue weighted by molar-refractivity contribution is 0.0948. The minimum atomic E-state index is -0.145. The zero-order valence-electron chi connectivity index (χ0n) is 19.0. The van der Waals surface area contributed by atoms with Crippen molar-refractivity contribution in [2.45, 2.75) is 39.2 Å². The van der Waals surface area contributed by atoms with E-state index in [0.29, 0.717) is 18.8 Å². The maximum absolute atomic E-state index is 12.2. The van der Waals surface area contributed by atoms with Gasteiger partial charge in [0.05, 0.1) is 17.6 Å². The van der Waals surface area contributed by atoms with Crippen LogP contribution in [-0.2, 0) is 19.4 Å². The molecule has 2 aromatic heterocycles. The molecule has 1 N–H and O–H groups in total. The number of fused-ring (bicyclic) bond motifs is 1. The SMILES string of the molecule is CCc1ccc(OCCCn2c(CCCNC(=O)c3ccccn3)nc3ccccc32)cc1. The van der Waals surface area contributed by atoms with Crippen LogP contribution in [-0.4, -0.2) is 33.6 Å². The zero-order chi connectivity index (χ0) is 22.9. The molecule has 170 valence electrons. The molecule has 0 saturated carbocycles. The second-order valence-electron chi connectivity index (χ2n) is 7.94. The summed E-state index contributed by atoms with van der Waals surface area (Å²) in [4.78, 5) is 21.1. The van der Waals surface area contributed by atoms with E-state index in [1.54, 1.807) is 18.3 Å². The molecule has 0 saturated heterocycles. The number of pyridine rings is 1. The number of aromatic nitrogens is 3. The van der Waals surface area contributed by atoms with Crippen molar-refractivity contribution in [2.75, 3.05) is 13.2 Å². The molecule has 0 fully saturated rings. The number of para-hydroxylation sites is 2. The van der Waals surface area contributed by atoms with Crippen molar-refractivity contribution in [1.82, 2.24) is 19.9 Å². The molecule has 33 heavy (non-hydrogen) atoms.